The second kappa shape index (κ2) is 7.14. The van der Waals surface area contributed by atoms with Crippen LogP contribution in [0.1, 0.15) is 30.5 Å². The van der Waals surface area contributed by atoms with E-state index in [2.05, 4.69) is 133 Å². The van der Waals surface area contributed by atoms with Gasteiger partial charge in [-0.1, -0.05) is 77.8 Å². The van der Waals surface area contributed by atoms with Crippen molar-refractivity contribution in [3.8, 4) is 11.1 Å². The van der Waals surface area contributed by atoms with Gasteiger partial charge in [0.2, 0.25) is 0 Å². The van der Waals surface area contributed by atoms with Gasteiger partial charge in [0.1, 0.15) is 0 Å². The lowest BCUT2D eigenvalue weighted by Gasteiger charge is -2.28. The van der Waals surface area contributed by atoms with Crippen LogP contribution in [0, 0.1) is 6.92 Å². The van der Waals surface area contributed by atoms with Crippen molar-refractivity contribution in [1.82, 2.24) is 0 Å². The second-order valence-electron chi connectivity index (χ2n) is 8.55. The lowest BCUT2D eigenvalue weighted by molar-refractivity contribution is 0.660. The first kappa shape index (κ1) is 19.1. The number of para-hydroxylation sites is 1. The number of aryl methyl sites for hydroxylation is 1. The fraction of sp³-hybridized carbons (Fsp3) is 0.143. The molecule has 5 rings (SSSR count). The first-order valence-electron chi connectivity index (χ1n) is 10.3. The van der Waals surface area contributed by atoms with Crippen LogP contribution >= 0.6 is 15.9 Å². The van der Waals surface area contributed by atoms with Crippen LogP contribution in [0.2, 0.25) is 0 Å². The van der Waals surface area contributed by atoms with E-state index in [1.807, 2.05) is 0 Å². The maximum Gasteiger partial charge on any atom is 0.0465 e. The summed E-state index contributed by atoms with van der Waals surface area (Å²) in [5.41, 5.74) is 10.2. The molecule has 0 radical (unpaired) electrons. The number of anilines is 3. The molecule has 1 aliphatic carbocycles. The van der Waals surface area contributed by atoms with E-state index in [4.69, 9.17) is 0 Å². The topological polar surface area (TPSA) is 3.24 Å². The predicted octanol–water partition coefficient (Wildman–Crippen LogP) is 8.53. The zero-order chi connectivity index (χ0) is 20.9. The molecule has 0 N–H and O–H groups in total. The van der Waals surface area contributed by atoms with Crippen molar-refractivity contribution in [2.45, 2.75) is 26.2 Å². The van der Waals surface area contributed by atoms with Crippen LogP contribution in [0.25, 0.3) is 11.1 Å². The minimum absolute atomic E-state index is 0.0416. The van der Waals surface area contributed by atoms with Gasteiger partial charge in [0.15, 0.2) is 0 Å². The van der Waals surface area contributed by atoms with E-state index in [1.54, 1.807) is 0 Å². The zero-order valence-corrected chi connectivity index (χ0v) is 19.1. The van der Waals surface area contributed by atoms with Crippen molar-refractivity contribution >= 4 is 33.0 Å². The van der Waals surface area contributed by atoms with Gasteiger partial charge in [0.05, 0.1) is 0 Å². The van der Waals surface area contributed by atoms with Gasteiger partial charge in [-0.2, -0.15) is 0 Å². The summed E-state index contributed by atoms with van der Waals surface area (Å²) in [4.78, 5) is 2.34. The molecule has 0 atom stereocenters. The molecular formula is C28H24BrN. The molecule has 0 aliphatic heterocycles. The number of benzene rings is 4. The molecule has 30 heavy (non-hydrogen) atoms. The Morgan fingerprint density at radius 1 is 0.633 bits per heavy atom. The van der Waals surface area contributed by atoms with Crippen LogP contribution in [-0.2, 0) is 5.41 Å². The first-order chi connectivity index (χ1) is 14.4. The quantitative estimate of drug-likeness (QED) is 0.300. The maximum atomic E-state index is 3.66. The molecule has 0 unspecified atom stereocenters. The average Bonchev–Trinajstić information content (AvgIpc) is 2.97. The number of rotatable bonds is 3. The third-order valence-corrected chi connectivity index (χ3v) is 6.68. The van der Waals surface area contributed by atoms with Crippen molar-refractivity contribution in [1.29, 1.82) is 0 Å². The summed E-state index contributed by atoms with van der Waals surface area (Å²) in [7, 11) is 0. The number of nitrogens with zero attached hydrogens (tertiary/aromatic N) is 1. The highest BCUT2D eigenvalue weighted by Crippen LogP contribution is 2.51. The number of hydrogen-bond donors (Lipinski definition) is 0. The molecule has 2 heteroatoms. The van der Waals surface area contributed by atoms with Gasteiger partial charge in [0.25, 0.3) is 0 Å². The summed E-state index contributed by atoms with van der Waals surface area (Å²) in [6, 6.07) is 32.9. The molecule has 148 valence electrons. The summed E-state index contributed by atoms with van der Waals surface area (Å²) >= 11 is 3.66. The lowest BCUT2D eigenvalue weighted by Crippen LogP contribution is -2.16. The van der Waals surface area contributed by atoms with Crippen LogP contribution in [-0.4, -0.2) is 0 Å². The van der Waals surface area contributed by atoms with Crippen LogP contribution in [0.4, 0.5) is 17.1 Å². The van der Waals surface area contributed by atoms with Crippen LogP contribution in [0.3, 0.4) is 0 Å². The molecule has 0 saturated heterocycles. The molecule has 1 aliphatic rings. The second-order valence-corrected chi connectivity index (χ2v) is 9.47. The van der Waals surface area contributed by atoms with Crippen LogP contribution in [0.15, 0.2) is 95.5 Å². The van der Waals surface area contributed by atoms with E-state index in [0.717, 1.165) is 10.2 Å². The zero-order valence-electron chi connectivity index (χ0n) is 17.5. The number of halogens is 1. The molecule has 1 nitrogen and oxygen atoms in total. The molecule has 0 fully saturated rings. The highest BCUT2D eigenvalue weighted by Gasteiger charge is 2.36. The van der Waals surface area contributed by atoms with E-state index in [1.165, 1.54) is 39.2 Å². The van der Waals surface area contributed by atoms with Crippen molar-refractivity contribution in [2.75, 3.05) is 4.90 Å². The lowest BCUT2D eigenvalue weighted by atomic mass is 9.82. The Morgan fingerprint density at radius 3 is 1.90 bits per heavy atom. The molecule has 0 aromatic heterocycles. The third kappa shape index (κ3) is 3.07. The summed E-state index contributed by atoms with van der Waals surface area (Å²) in [6.07, 6.45) is 0. The Hall–Kier alpha value is -2.84. The summed E-state index contributed by atoms with van der Waals surface area (Å²) in [6.45, 7) is 6.78. The maximum absolute atomic E-state index is 3.66. The summed E-state index contributed by atoms with van der Waals surface area (Å²) in [5, 5.41) is 0. The Labute approximate surface area is 187 Å². The summed E-state index contributed by atoms with van der Waals surface area (Å²) in [5.74, 6) is 0. The van der Waals surface area contributed by atoms with Gasteiger partial charge in [-0.15, -0.1) is 0 Å². The van der Waals surface area contributed by atoms with Gasteiger partial charge in [-0.3, -0.25) is 0 Å². The SMILES string of the molecule is Cc1ccc(N(c2ccccc2)c2ccc3c(c2)C(C)(C)c2cc(Br)ccc2-3)cc1. The molecule has 0 saturated carbocycles. The van der Waals surface area contributed by atoms with Gasteiger partial charge < -0.3 is 4.90 Å². The van der Waals surface area contributed by atoms with Gasteiger partial charge in [-0.05, 0) is 77.7 Å². The summed E-state index contributed by atoms with van der Waals surface area (Å²) < 4.78 is 1.13. The fourth-order valence-corrected chi connectivity index (χ4v) is 4.92. The van der Waals surface area contributed by atoms with E-state index in [-0.39, 0.29) is 5.41 Å². The normalized spacial score (nSPS) is 13.6. The van der Waals surface area contributed by atoms with Crippen molar-refractivity contribution in [3.63, 3.8) is 0 Å². The largest absolute Gasteiger partial charge is 0.310 e. The Bertz CT molecular complexity index is 1220. The van der Waals surface area contributed by atoms with E-state index in [9.17, 15) is 0 Å². The van der Waals surface area contributed by atoms with Crippen LogP contribution in [0.5, 0.6) is 0 Å². The Balaban J connectivity index is 1.69. The monoisotopic (exact) mass is 453 g/mol. The number of fused-ring (bicyclic) bond motifs is 3. The van der Waals surface area contributed by atoms with Crippen molar-refractivity contribution < 1.29 is 0 Å². The minimum atomic E-state index is -0.0416. The Morgan fingerprint density at radius 2 is 1.20 bits per heavy atom. The predicted molar refractivity (Wildman–Crippen MR) is 131 cm³/mol. The molecule has 0 amide bonds. The van der Waals surface area contributed by atoms with Crippen molar-refractivity contribution in [2.24, 2.45) is 0 Å². The van der Waals surface area contributed by atoms with Gasteiger partial charge >= 0.3 is 0 Å². The molecule has 0 bridgehead atoms. The average molecular weight is 454 g/mol. The van der Waals surface area contributed by atoms with E-state index >= 15 is 0 Å². The van der Waals surface area contributed by atoms with Crippen LogP contribution < -0.4 is 4.90 Å². The van der Waals surface area contributed by atoms with Crippen molar-refractivity contribution in [3.05, 3.63) is 112 Å². The standard InChI is InChI=1S/C28H24BrN/c1-19-9-12-22(13-10-19)30(21-7-5-4-6-8-21)23-14-16-25-24-15-11-20(29)17-26(24)28(2,3)27(25)18-23/h4-18H,1-3H3. The third-order valence-electron chi connectivity index (χ3n) is 6.19. The van der Waals surface area contributed by atoms with Gasteiger partial charge in [0, 0.05) is 26.9 Å². The number of hydrogen-bond acceptors (Lipinski definition) is 1. The highest BCUT2D eigenvalue weighted by molar-refractivity contribution is 9.10. The van der Waals surface area contributed by atoms with E-state index < -0.39 is 0 Å². The van der Waals surface area contributed by atoms with Gasteiger partial charge in [-0.25, -0.2) is 0 Å². The Kier molecular flexibility index (Phi) is 4.56. The molecule has 0 heterocycles. The minimum Gasteiger partial charge on any atom is -0.310 e. The molecular weight excluding hydrogens is 430 g/mol. The molecule has 4 aromatic rings. The highest BCUT2D eigenvalue weighted by atomic mass is 79.9. The molecule has 0 spiro atoms. The first-order valence-corrected chi connectivity index (χ1v) is 11.1. The molecule has 4 aromatic carbocycles. The fourth-order valence-electron chi connectivity index (χ4n) is 4.55. The smallest absolute Gasteiger partial charge is 0.0465 e. The van der Waals surface area contributed by atoms with E-state index in [0.29, 0.717) is 0 Å².